The molecule has 8 nitrogen and oxygen atoms in total. The molecule has 1 amide bonds. The number of carbonyl (C=O) groups is 1. The van der Waals surface area contributed by atoms with Gasteiger partial charge in [0.15, 0.2) is 9.84 Å². The molecule has 2 saturated heterocycles. The van der Waals surface area contributed by atoms with Crippen LogP contribution in [0.3, 0.4) is 0 Å². The third-order valence-electron chi connectivity index (χ3n) is 4.82. The summed E-state index contributed by atoms with van der Waals surface area (Å²) >= 11 is 5.78. The SMILES string of the molecule is Nc1c(F)cc(Cl)cc1C(=O)N1CCN(S(=O)(=O)C2CCS(=O)(=O)C2)CC1. The first-order valence-electron chi connectivity index (χ1n) is 8.24. The average Bonchev–Trinajstić information content (AvgIpc) is 2.98. The number of sulfone groups is 1. The lowest BCUT2D eigenvalue weighted by Crippen LogP contribution is -2.52. The van der Waals surface area contributed by atoms with Crippen LogP contribution in [0.2, 0.25) is 5.02 Å². The maximum atomic E-state index is 13.7. The minimum atomic E-state index is -3.76. The Morgan fingerprint density at radius 3 is 2.41 bits per heavy atom. The van der Waals surface area contributed by atoms with E-state index < -0.39 is 36.8 Å². The van der Waals surface area contributed by atoms with E-state index in [2.05, 4.69) is 0 Å². The Balaban J connectivity index is 1.70. The smallest absolute Gasteiger partial charge is 0.256 e. The molecular formula is C15H19ClFN3O5S2. The highest BCUT2D eigenvalue weighted by atomic mass is 35.5. The summed E-state index contributed by atoms with van der Waals surface area (Å²) in [7, 11) is -7.08. The van der Waals surface area contributed by atoms with Crippen molar-refractivity contribution in [2.75, 3.05) is 43.4 Å². The minimum Gasteiger partial charge on any atom is -0.396 e. The van der Waals surface area contributed by atoms with Crippen LogP contribution < -0.4 is 5.73 Å². The summed E-state index contributed by atoms with van der Waals surface area (Å²) in [6, 6.07) is 2.28. The largest absolute Gasteiger partial charge is 0.396 e. The van der Waals surface area contributed by atoms with E-state index in [0.29, 0.717) is 0 Å². The van der Waals surface area contributed by atoms with Crippen LogP contribution in [0.5, 0.6) is 0 Å². The van der Waals surface area contributed by atoms with Crippen LogP contribution in [0.4, 0.5) is 10.1 Å². The van der Waals surface area contributed by atoms with Crippen LogP contribution in [-0.4, -0.2) is 74.9 Å². The van der Waals surface area contributed by atoms with Gasteiger partial charge in [-0.15, -0.1) is 0 Å². The first-order chi connectivity index (χ1) is 12.5. The quantitative estimate of drug-likeness (QED) is 0.678. The molecule has 2 aliphatic heterocycles. The first kappa shape index (κ1) is 20.3. The molecule has 1 atom stereocenters. The molecule has 2 aliphatic rings. The van der Waals surface area contributed by atoms with Gasteiger partial charge in [-0.25, -0.2) is 21.2 Å². The summed E-state index contributed by atoms with van der Waals surface area (Å²) in [6.07, 6.45) is 0.0855. The van der Waals surface area contributed by atoms with E-state index in [4.69, 9.17) is 17.3 Å². The number of nitrogen functional groups attached to an aromatic ring is 1. The van der Waals surface area contributed by atoms with Gasteiger partial charge in [0.05, 0.1) is 28.0 Å². The lowest BCUT2D eigenvalue weighted by atomic mass is 10.1. The maximum Gasteiger partial charge on any atom is 0.256 e. The van der Waals surface area contributed by atoms with Crippen molar-refractivity contribution in [2.24, 2.45) is 0 Å². The predicted molar refractivity (Wildman–Crippen MR) is 99.3 cm³/mol. The van der Waals surface area contributed by atoms with Crippen LogP contribution >= 0.6 is 11.6 Å². The van der Waals surface area contributed by atoms with Crippen LogP contribution in [0.1, 0.15) is 16.8 Å². The summed E-state index contributed by atoms with van der Waals surface area (Å²) in [4.78, 5) is 14.0. The molecule has 0 bridgehead atoms. The van der Waals surface area contributed by atoms with Crippen LogP contribution in [0.15, 0.2) is 12.1 Å². The maximum absolute atomic E-state index is 13.7. The minimum absolute atomic E-state index is 0.0353. The Bertz CT molecular complexity index is 975. The van der Waals surface area contributed by atoms with Gasteiger partial charge in [-0.3, -0.25) is 4.79 Å². The van der Waals surface area contributed by atoms with E-state index in [1.807, 2.05) is 0 Å². The number of amides is 1. The number of benzene rings is 1. The summed E-state index contributed by atoms with van der Waals surface area (Å²) in [6.45, 7) is 0.247. The third kappa shape index (κ3) is 4.05. The number of sulfonamides is 1. The highest BCUT2D eigenvalue weighted by molar-refractivity contribution is 7.95. The number of piperazine rings is 1. The second-order valence-corrected chi connectivity index (χ2v) is 11.5. The molecule has 1 aromatic rings. The van der Waals surface area contributed by atoms with Gasteiger partial charge in [-0.1, -0.05) is 11.6 Å². The zero-order chi connectivity index (χ0) is 20.0. The number of anilines is 1. The van der Waals surface area contributed by atoms with Crippen molar-refractivity contribution in [3.63, 3.8) is 0 Å². The van der Waals surface area contributed by atoms with Crippen molar-refractivity contribution in [1.82, 2.24) is 9.21 Å². The lowest BCUT2D eigenvalue weighted by molar-refractivity contribution is 0.0698. The van der Waals surface area contributed by atoms with Crippen molar-refractivity contribution in [3.8, 4) is 0 Å². The monoisotopic (exact) mass is 439 g/mol. The number of nitrogens with zero attached hydrogens (tertiary/aromatic N) is 2. The van der Waals surface area contributed by atoms with Crippen molar-refractivity contribution < 1.29 is 26.0 Å². The zero-order valence-corrected chi connectivity index (χ0v) is 16.7. The molecule has 2 N–H and O–H groups in total. The fraction of sp³-hybridized carbons (Fsp3) is 0.533. The molecule has 2 heterocycles. The first-order valence-corrected chi connectivity index (χ1v) is 11.9. The highest BCUT2D eigenvalue weighted by Gasteiger charge is 2.41. The number of hydrogen-bond donors (Lipinski definition) is 1. The predicted octanol–water partition coefficient (Wildman–Crippen LogP) is 0.336. The van der Waals surface area contributed by atoms with E-state index in [9.17, 15) is 26.0 Å². The standard InChI is InChI=1S/C15H19ClFN3O5S2/c16-10-7-12(14(18)13(17)8-10)15(21)19-2-4-20(5-3-19)27(24,25)11-1-6-26(22,23)9-11/h7-8,11H,1-6,9,18H2. The van der Waals surface area contributed by atoms with Gasteiger partial charge in [0.2, 0.25) is 10.0 Å². The van der Waals surface area contributed by atoms with Crippen molar-refractivity contribution >= 4 is 43.1 Å². The van der Waals surface area contributed by atoms with E-state index in [0.717, 1.165) is 6.07 Å². The van der Waals surface area contributed by atoms with E-state index in [1.165, 1.54) is 15.3 Å². The molecule has 3 rings (SSSR count). The molecule has 0 aromatic heterocycles. The summed E-state index contributed by atoms with van der Waals surface area (Å²) in [5.74, 6) is -1.83. The third-order valence-corrected chi connectivity index (χ3v) is 9.35. The van der Waals surface area contributed by atoms with Gasteiger partial charge < -0.3 is 10.6 Å². The molecule has 27 heavy (non-hydrogen) atoms. The summed E-state index contributed by atoms with van der Waals surface area (Å²) in [5, 5.41) is -0.906. The van der Waals surface area contributed by atoms with Gasteiger partial charge >= 0.3 is 0 Å². The second kappa shape index (κ2) is 7.19. The zero-order valence-electron chi connectivity index (χ0n) is 14.3. The van der Waals surface area contributed by atoms with Crippen LogP contribution in [0.25, 0.3) is 0 Å². The van der Waals surface area contributed by atoms with E-state index >= 15 is 0 Å². The molecular weight excluding hydrogens is 421 g/mol. The van der Waals surface area contributed by atoms with Crippen molar-refractivity contribution in [1.29, 1.82) is 0 Å². The molecule has 12 heteroatoms. The van der Waals surface area contributed by atoms with Gasteiger partial charge in [-0.05, 0) is 18.6 Å². The number of carbonyl (C=O) groups excluding carboxylic acids is 1. The highest BCUT2D eigenvalue weighted by Crippen LogP contribution is 2.26. The summed E-state index contributed by atoms with van der Waals surface area (Å²) in [5.41, 5.74) is 5.24. The second-order valence-electron chi connectivity index (χ2n) is 6.61. The Hall–Kier alpha value is -1.43. The lowest BCUT2D eigenvalue weighted by Gasteiger charge is -2.35. The summed E-state index contributed by atoms with van der Waals surface area (Å²) < 4.78 is 63.3. The van der Waals surface area contributed by atoms with Crippen LogP contribution in [0, 0.1) is 5.82 Å². The Labute approximate surface area is 162 Å². The molecule has 0 aliphatic carbocycles. The number of rotatable bonds is 3. The van der Waals surface area contributed by atoms with Gasteiger partial charge in [0.1, 0.15) is 5.82 Å². The molecule has 2 fully saturated rings. The van der Waals surface area contributed by atoms with Gasteiger partial charge in [0.25, 0.3) is 5.91 Å². The van der Waals surface area contributed by atoms with Crippen molar-refractivity contribution in [3.05, 3.63) is 28.5 Å². The fourth-order valence-electron chi connectivity index (χ4n) is 3.28. The number of halogens is 2. The Morgan fingerprint density at radius 2 is 1.85 bits per heavy atom. The van der Waals surface area contributed by atoms with Crippen molar-refractivity contribution in [2.45, 2.75) is 11.7 Å². The Morgan fingerprint density at radius 1 is 1.22 bits per heavy atom. The molecule has 0 spiro atoms. The molecule has 1 aromatic carbocycles. The fourth-order valence-corrected chi connectivity index (χ4v) is 8.00. The molecule has 0 radical (unpaired) electrons. The number of hydrogen-bond acceptors (Lipinski definition) is 6. The normalized spacial score (nSPS) is 23.5. The molecule has 150 valence electrons. The van der Waals surface area contributed by atoms with E-state index in [1.54, 1.807) is 0 Å². The molecule has 1 unspecified atom stereocenters. The Kier molecular flexibility index (Phi) is 5.41. The van der Waals surface area contributed by atoms with Gasteiger partial charge in [-0.2, -0.15) is 4.31 Å². The van der Waals surface area contributed by atoms with E-state index in [-0.39, 0.29) is 60.4 Å². The molecule has 0 saturated carbocycles. The van der Waals surface area contributed by atoms with Gasteiger partial charge in [0, 0.05) is 31.2 Å². The average molecular weight is 440 g/mol. The topological polar surface area (TPSA) is 118 Å². The number of nitrogens with two attached hydrogens (primary N) is 1. The van der Waals surface area contributed by atoms with Crippen LogP contribution in [-0.2, 0) is 19.9 Å².